The van der Waals surface area contributed by atoms with Gasteiger partial charge in [-0.2, -0.15) is 0 Å². The van der Waals surface area contributed by atoms with Gasteiger partial charge in [0.25, 0.3) is 11.8 Å². The maximum atomic E-state index is 12.6. The lowest BCUT2D eigenvalue weighted by atomic mass is 10.0. The summed E-state index contributed by atoms with van der Waals surface area (Å²) in [7, 11) is 0. The minimum absolute atomic E-state index is 0.153. The van der Waals surface area contributed by atoms with Crippen molar-refractivity contribution in [1.29, 1.82) is 0 Å². The Labute approximate surface area is 143 Å². The Morgan fingerprint density at radius 3 is 2.33 bits per heavy atom. The smallest absolute Gasteiger partial charge is 0.304 e. The first-order chi connectivity index (χ1) is 11.3. The molecular formula is C17H17NO5S. The van der Waals surface area contributed by atoms with Gasteiger partial charge in [-0.25, -0.2) is 0 Å². The molecule has 1 N–H and O–H groups in total. The average molecular weight is 347 g/mol. The zero-order chi connectivity index (χ0) is 17.5. The molecule has 2 aliphatic rings. The molecular weight excluding hydrogens is 330 g/mol. The van der Waals surface area contributed by atoms with Crippen molar-refractivity contribution >= 4 is 34.7 Å². The number of aliphatic carboxylic acids is 1. The van der Waals surface area contributed by atoms with Crippen LogP contribution >= 0.6 is 11.8 Å². The van der Waals surface area contributed by atoms with Crippen LogP contribution in [0.5, 0.6) is 0 Å². The van der Waals surface area contributed by atoms with Crippen LogP contribution in [0.1, 0.15) is 53.3 Å². The highest BCUT2D eigenvalue weighted by molar-refractivity contribution is 8.14. The maximum Gasteiger partial charge on any atom is 0.304 e. The van der Waals surface area contributed by atoms with Crippen molar-refractivity contribution < 1.29 is 24.3 Å². The summed E-state index contributed by atoms with van der Waals surface area (Å²) in [6, 6.07) is 6.30. The summed E-state index contributed by atoms with van der Waals surface area (Å²) < 4.78 is -0.752. The standard InChI is InChI=1S/C17H17NO5S/c1-10(19)24-17(9-14(20)21)7-6-11(8-17)18-15(22)12-4-2-3-5-13(12)16(18)23/h2-5,11H,6-9H2,1H3,(H,20,21)/t11-,17+/m1/s1. The molecule has 24 heavy (non-hydrogen) atoms. The van der Waals surface area contributed by atoms with Crippen molar-refractivity contribution in [1.82, 2.24) is 4.90 Å². The average Bonchev–Trinajstić information content (AvgIpc) is 2.99. The molecule has 0 bridgehead atoms. The second-order valence-electron chi connectivity index (χ2n) is 6.27. The summed E-state index contributed by atoms with van der Waals surface area (Å²) in [4.78, 5) is 49.1. The Balaban J connectivity index is 1.85. The van der Waals surface area contributed by atoms with Gasteiger partial charge in [0, 0.05) is 17.7 Å². The lowest BCUT2D eigenvalue weighted by molar-refractivity contribution is -0.137. The Morgan fingerprint density at radius 2 is 1.83 bits per heavy atom. The van der Waals surface area contributed by atoms with Gasteiger partial charge in [-0.15, -0.1) is 0 Å². The van der Waals surface area contributed by atoms with Crippen molar-refractivity contribution in [3.05, 3.63) is 35.4 Å². The normalized spacial score (nSPS) is 25.9. The second kappa shape index (κ2) is 6.05. The molecule has 0 radical (unpaired) electrons. The van der Waals surface area contributed by atoms with Gasteiger partial charge in [0.1, 0.15) is 0 Å². The van der Waals surface area contributed by atoms with Gasteiger partial charge < -0.3 is 5.11 Å². The van der Waals surface area contributed by atoms with Crippen LogP contribution in [-0.2, 0) is 9.59 Å². The summed E-state index contributed by atoms with van der Waals surface area (Å²) in [5.74, 6) is -1.65. The van der Waals surface area contributed by atoms with E-state index in [1.54, 1.807) is 24.3 Å². The molecule has 7 heteroatoms. The van der Waals surface area contributed by atoms with E-state index in [4.69, 9.17) is 0 Å². The largest absolute Gasteiger partial charge is 0.481 e. The molecule has 1 saturated carbocycles. The van der Waals surface area contributed by atoms with Crippen LogP contribution in [0.2, 0.25) is 0 Å². The highest BCUT2D eigenvalue weighted by Crippen LogP contribution is 2.47. The number of carbonyl (C=O) groups is 4. The number of carbonyl (C=O) groups excluding carboxylic acids is 3. The summed E-state index contributed by atoms with van der Waals surface area (Å²) >= 11 is 1.02. The van der Waals surface area contributed by atoms with E-state index in [-0.39, 0.29) is 29.4 Å². The summed E-state index contributed by atoms with van der Waals surface area (Å²) in [6.45, 7) is 1.41. The van der Waals surface area contributed by atoms with Gasteiger partial charge in [0.05, 0.1) is 17.5 Å². The number of hydrogen-bond donors (Lipinski definition) is 1. The third kappa shape index (κ3) is 2.84. The third-order valence-electron chi connectivity index (χ3n) is 4.57. The number of hydrogen-bond acceptors (Lipinski definition) is 5. The predicted molar refractivity (Wildman–Crippen MR) is 87.8 cm³/mol. The molecule has 126 valence electrons. The molecule has 0 spiro atoms. The van der Waals surface area contributed by atoms with E-state index in [0.29, 0.717) is 30.4 Å². The van der Waals surface area contributed by atoms with Crippen molar-refractivity contribution in [2.75, 3.05) is 0 Å². The molecule has 1 aromatic carbocycles. The molecule has 0 aromatic heterocycles. The van der Waals surface area contributed by atoms with Gasteiger partial charge >= 0.3 is 5.97 Å². The number of nitrogens with zero attached hydrogens (tertiary/aromatic N) is 1. The molecule has 0 saturated heterocycles. The van der Waals surface area contributed by atoms with Crippen molar-refractivity contribution in [2.45, 2.75) is 43.4 Å². The fraction of sp³-hybridized carbons (Fsp3) is 0.412. The quantitative estimate of drug-likeness (QED) is 0.841. The number of imide groups is 1. The van der Waals surface area contributed by atoms with E-state index in [0.717, 1.165) is 11.8 Å². The number of fused-ring (bicyclic) bond motifs is 1. The van der Waals surface area contributed by atoms with E-state index < -0.39 is 10.7 Å². The first-order valence-corrected chi connectivity index (χ1v) is 8.53. The maximum absolute atomic E-state index is 12.6. The molecule has 1 heterocycles. The Morgan fingerprint density at radius 1 is 1.25 bits per heavy atom. The van der Waals surface area contributed by atoms with E-state index in [2.05, 4.69) is 0 Å². The first kappa shape index (κ1) is 16.7. The monoisotopic (exact) mass is 347 g/mol. The molecule has 0 unspecified atom stereocenters. The minimum atomic E-state index is -0.980. The molecule has 1 aliphatic carbocycles. The highest BCUT2D eigenvalue weighted by atomic mass is 32.2. The Bertz CT molecular complexity index is 693. The van der Waals surface area contributed by atoms with Crippen LogP contribution in [-0.4, -0.2) is 43.7 Å². The number of carboxylic acids is 1. The van der Waals surface area contributed by atoms with Gasteiger partial charge in [-0.1, -0.05) is 23.9 Å². The molecule has 1 aliphatic heterocycles. The SMILES string of the molecule is CC(=O)S[C@@]1(CC(=O)O)CC[C@@H](N2C(=O)c3ccccc3C2=O)C1. The number of benzene rings is 1. The van der Waals surface area contributed by atoms with Gasteiger partial charge in [-0.3, -0.25) is 24.1 Å². The number of thioether (sulfide) groups is 1. The highest BCUT2D eigenvalue weighted by Gasteiger charge is 2.49. The van der Waals surface area contributed by atoms with Crippen LogP contribution in [0.4, 0.5) is 0 Å². The Kier molecular flexibility index (Phi) is 4.21. The molecule has 2 atom stereocenters. The third-order valence-corrected chi connectivity index (χ3v) is 5.80. The summed E-state index contributed by atoms with van der Waals surface area (Å²) in [5.41, 5.74) is 0.773. The summed E-state index contributed by atoms with van der Waals surface area (Å²) in [6.07, 6.45) is 1.17. The molecule has 1 fully saturated rings. The zero-order valence-electron chi connectivity index (χ0n) is 13.2. The van der Waals surface area contributed by atoms with Crippen LogP contribution in [0.15, 0.2) is 24.3 Å². The first-order valence-electron chi connectivity index (χ1n) is 7.71. The number of rotatable bonds is 4. The van der Waals surface area contributed by atoms with Crippen LogP contribution in [0.3, 0.4) is 0 Å². The molecule has 6 nitrogen and oxygen atoms in total. The van der Waals surface area contributed by atoms with Gasteiger partial charge in [0.2, 0.25) is 0 Å². The van der Waals surface area contributed by atoms with Crippen LogP contribution < -0.4 is 0 Å². The van der Waals surface area contributed by atoms with Crippen molar-refractivity contribution in [3.63, 3.8) is 0 Å². The van der Waals surface area contributed by atoms with E-state index in [1.807, 2.05) is 0 Å². The van der Waals surface area contributed by atoms with Gasteiger partial charge in [0.15, 0.2) is 5.12 Å². The predicted octanol–water partition coefficient (Wildman–Crippen LogP) is 2.33. The van der Waals surface area contributed by atoms with Crippen LogP contribution in [0.25, 0.3) is 0 Å². The topological polar surface area (TPSA) is 91.8 Å². The second-order valence-corrected chi connectivity index (χ2v) is 7.91. The molecule has 1 aromatic rings. The summed E-state index contributed by atoms with van der Waals surface area (Å²) in [5, 5.41) is 9.02. The van der Waals surface area contributed by atoms with E-state index in [1.165, 1.54) is 11.8 Å². The number of amides is 2. The van der Waals surface area contributed by atoms with E-state index >= 15 is 0 Å². The van der Waals surface area contributed by atoms with Crippen molar-refractivity contribution in [3.8, 4) is 0 Å². The molecule has 2 amide bonds. The van der Waals surface area contributed by atoms with Gasteiger partial charge in [-0.05, 0) is 31.4 Å². The Hall–Kier alpha value is -2.15. The fourth-order valence-electron chi connectivity index (χ4n) is 3.69. The van der Waals surface area contributed by atoms with E-state index in [9.17, 15) is 24.3 Å². The lowest BCUT2D eigenvalue weighted by Gasteiger charge is -2.27. The van der Waals surface area contributed by atoms with Crippen molar-refractivity contribution in [2.24, 2.45) is 0 Å². The zero-order valence-corrected chi connectivity index (χ0v) is 14.0. The minimum Gasteiger partial charge on any atom is -0.481 e. The fourth-order valence-corrected chi connectivity index (χ4v) is 4.99. The molecule has 3 rings (SSSR count). The van der Waals surface area contributed by atoms with Crippen LogP contribution in [0, 0.1) is 0 Å². The number of carboxylic acid groups (broad SMARTS) is 1. The lowest BCUT2D eigenvalue weighted by Crippen LogP contribution is -2.40.